The molecule has 1 amide bonds. The highest BCUT2D eigenvalue weighted by Gasteiger charge is 2.25. The smallest absolute Gasteiger partial charge is 0.255 e. The summed E-state index contributed by atoms with van der Waals surface area (Å²) in [5, 5.41) is 3.45. The van der Waals surface area contributed by atoms with E-state index in [0.717, 1.165) is 32.0 Å². The molecule has 0 radical (unpaired) electrons. The lowest BCUT2D eigenvalue weighted by Crippen LogP contribution is -2.55. The summed E-state index contributed by atoms with van der Waals surface area (Å²) in [5.41, 5.74) is 0.694. The second kappa shape index (κ2) is 6.02. The van der Waals surface area contributed by atoms with Crippen LogP contribution in [0.5, 0.6) is 0 Å². The Morgan fingerprint density at radius 1 is 1.19 bits per heavy atom. The Morgan fingerprint density at radius 2 is 1.86 bits per heavy atom. The zero-order valence-corrected chi connectivity index (χ0v) is 12.9. The van der Waals surface area contributed by atoms with Crippen LogP contribution >= 0.6 is 0 Å². The lowest BCUT2D eigenvalue weighted by atomic mass is 10.1. The van der Waals surface area contributed by atoms with Crippen LogP contribution in [0.4, 0.5) is 5.82 Å². The number of rotatable bonds is 2. The molecule has 2 saturated heterocycles. The predicted molar refractivity (Wildman–Crippen MR) is 83.6 cm³/mol. The van der Waals surface area contributed by atoms with E-state index in [2.05, 4.69) is 29.0 Å². The molecule has 21 heavy (non-hydrogen) atoms. The van der Waals surface area contributed by atoms with E-state index in [0.29, 0.717) is 17.6 Å². The highest BCUT2D eigenvalue weighted by atomic mass is 16.2. The quantitative estimate of drug-likeness (QED) is 0.896. The van der Waals surface area contributed by atoms with Gasteiger partial charge in [0, 0.05) is 44.5 Å². The molecule has 0 aliphatic carbocycles. The van der Waals surface area contributed by atoms with Crippen molar-refractivity contribution in [3.05, 3.63) is 23.9 Å². The minimum absolute atomic E-state index is 0.0932. The Balaban J connectivity index is 1.69. The minimum atomic E-state index is 0.0932. The molecule has 3 rings (SSSR count). The molecule has 1 aromatic heterocycles. The summed E-state index contributed by atoms with van der Waals surface area (Å²) in [6.07, 6.45) is 4.20. The number of amides is 1. The van der Waals surface area contributed by atoms with Crippen LogP contribution in [0.3, 0.4) is 0 Å². The molecular formula is C16H24N4O. The molecule has 1 aromatic rings. The van der Waals surface area contributed by atoms with Gasteiger partial charge in [0.25, 0.3) is 5.91 Å². The van der Waals surface area contributed by atoms with Gasteiger partial charge in [-0.25, -0.2) is 4.98 Å². The van der Waals surface area contributed by atoms with E-state index in [4.69, 9.17) is 0 Å². The van der Waals surface area contributed by atoms with Crippen molar-refractivity contribution in [1.82, 2.24) is 15.2 Å². The normalized spacial score (nSPS) is 26.2. The largest absolute Gasteiger partial charge is 0.357 e. The van der Waals surface area contributed by atoms with Gasteiger partial charge in [-0.05, 0) is 38.8 Å². The zero-order valence-electron chi connectivity index (χ0n) is 12.9. The second-order valence-electron chi connectivity index (χ2n) is 6.28. The lowest BCUT2D eigenvalue weighted by molar-refractivity contribution is 0.0673. The summed E-state index contributed by atoms with van der Waals surface area (Å²) in [4.78, 5) is 21.3. The Labute approximate surface area is 126 Å². The van der Waals surface area contributed by atoms with Crippen LogP contribution in [-0.2, 0) is 0 Å². The number of carbonyl (C=O) groups is 1. The Morgan fingerprint density at radius 3 is 2.43 bits per heavy atom. The summed E-state index contributed by atoms with van der Waals surface area (Å²) in [6, 6.07) is 4.58. The number of carbonyl (C=O) groups excluding carboxylic acids is 1. The number of pyridine rings is 1. The van der Waals surface area contributed by atoms with E-state index in [1.807, 2.05) is 17.0 Å². The fourth-order valence-corrected chi connectivity index (χ4v) is 3.32. The Bertz CT molecular complexity index is 486. The number of piperazine rings is 1. The zero-order chi connectivity index (χ0) is 14.8. The number of hydrogen-bond donors (Lipinski definition) is 1. The van der Waals surface area contributed by atoms with Crippen LogP contribution < -0.4 is 10.2 Å². The maximum absolute atomic E-state index is 12.6. The van der Waals surface area contributed by atoms with Crippen molar-refractivity contribution in [2.75, 3.05) is 31.1 Å². The second-order valence-corrected chi connectivity index (χ2v) is 6.28. The summed E-state index contributed by atoms with van der Waals surface area (Å²) in [5.74, 6) is 1.08. The molecule has 5 nitrogen and oxygen atoms in total. The standard InChI is InChI=1S/C16H24N4O/c1-12-10-20(11-13(2)18-12)16(21)14-5-6-15(17-9-14)19-7-3-4-8-19/h5-6,9,12-13,18H,3-4,7-8,10-11H2,1-2H3/t12-,13-/m1/s1. The van der Waals surface area contributed by atoms with Gasteiger partial charge in [-0.3, -0.25) is 4.79 Å². The fraction of sp³-hybridized carbons (Fsp3) is 0.625. The first-order chi connectivity index (χ1) is 10.1. The van der Waals surface area contributed by atoms with Crippen molar-refractivity contribution >= 4 is 11.7 Å². The summed E-state index contributed by atoms with van der Waals surface area (Å²) >= 11 is 0. The van der Waals surface area contributed by atoms with E-state index < -0.39 is 0 Å². The molecule has 0 unspecified atom stereocenters. The van der Waals surface area contributed by atoms with Crippen molar-refractivity contribution < 1.29 is 4.79 Å². The fourth-order valence-electron chi connectivity index (χ4n) is 3.32. The third-order valence-corrected chi connectivity index (χ3v) is 4.27. The van der Waals surface area contributed by atoms with E-state index in [1.54, 1.807) is 6.20 Å². The van der Waals surface area contributed by atoms with Crippen LogP contribution in [0, 0.1) is 0 Å². The number of nitrogens with zero attached hydrogens (tertiary/aromatic N) is 3. The number of aromatic nitrogens is 1. The van der Waals surface area contributed by atoms with Gasteiger partial charge in [-0.15, -0.1) is 0 Å². The van der Waals surface area contributed by atoms with Crippen molar-refractivity contribution in [2.24, 2.45) is 0 Å². The first-order valence-electron chi connectivity index (χ1n) is 7.90. The molecule has 2 aliphatic rings. The molecule has 2 aliphatic heterocycles. The molecule has 3 heterocycles. The minimum Gasteiger partial charge on any atom is -0.357 e. The summed E-state index contributed by atoms with van der Waals surface area (Å²) < 4.78 is 0. The molecule has 5 heteroatoms. The molecular weight excluding hydrogens is 264 g/mol. The number of hydrogen-bond acceptors (Lipinski definition) is 4. The van der Waals surface area contributed by atoms with Gasteiger partial charge in [0.1, 0.15) is 5.82 Å². The van der Waals surface area contributed by atoms with Gasteiger partial charge >= 0.3 is 0 Å². The van der Waals surface area contributed by atoms with Crippen LogP contribution in [0.15, 0.2) is 18.3 Å². The van der Waals surface area contributed by atoms with Crippen LogP contribution in [0.2, 0.25) is 0 Å². The van der Waals surface area contributed by atoms with Gasteiger partial charge in [0.2, 0.25) is 0 Å². The molecule has 114 valence electrons. The van der Waals surface area contributed by atoms with Crippen molar-refractivity contribution in [1.29, 1.82) is 0 Å². The van der Waals surface area contributed by atoms with E-state index >= 15 is 0 Å². The van der Waals surface area contributed by atoms with E-state index in [-0.39, 0.29) is 5.91 Å². The van der Waals surface area contributed by atoms with Gasteiger partial charge in [-0.1, -0.05) is 0 Å². The van der Waals surface area contributed by atoms with E-state index in [9.17, 15) is 4.79 Å². The maximum atomic E-state index is 12.6. The predicted octanol–water partition coefficient (Wildman–Crippen LogP) is 1.50. The van der Waals surface area contributed by atoms with Gasteiger partial charge in [-0.2, -0.15) is 0 Å². The number of anilines is 1. The highest BCUT2D eigenvalue weighted by molar-refractivity contribution is 5.94. The first kappa shape index (κ1) is 14.3. The third kappa shape index (κ3) is 3.18. The molecule has 2 fully saturated rings. The summed E-state index contributed by atoms with van der Waals surface area (Å²) in [7, 11) is 0. The van der Waals surface area contributed by atoms with E-state index in [1.165, 1.54) is 12.8 Å². The molecule has 1 N–H and O–H groups in total. The average Bonchev–Trinajstić information content (AvgIpc) is 3.00. The average molecular weight is 288 g/mol. The number of nitrogens with one attached hydrogen (secondary N) is 1. The topological polar surface area (TPSA) is 48.5 Å². The monoisotopic (exact) mass is 288 g/mol. The van der Waals surface area contributed by atoms with Gasteiger partial charge < -0.3 is 15.1 Å². The van der Waals surface area contributed by atoms with Crippen LogP contribution in [0.25, 0.3) is 0 Å². The van der Waals surface area contributed by atoms with Crippen molar-refractivity contribution in [2.45, 2.75) is 38.8 Å². The van der Waals surface area contributed by atoms with Crippen molar-refractivity contribution in [3.8, 4) is 0 Å². The van der Waals surface area contributed by atoms with Crippen LogP contribution in [-0.4, -0.2) is 54.1 Å². The molecule has 0 bridgehead atoms. The first-order valence-corrected chi connectivity index (χ1v) is 7.90. The SMILES string of the molecule is C[C@@H]1CN(C(=O)c2ccc(N3CCCC3)nc2)C[C@@H](C)N1. The van der Waals surface area contributed by atoms with Gasteiger partial charge in [0.15, 0.2) is 0 Å². The Hall–Kier alpha value is -1.62. The summed E-state index contributed by atoms with van der Waals surface area (Å²) in [6.45, 7) is 7.91. The molecule has 0 aromatic carbocycles. The maximum Gasteiger partial charge on any atom is 0.255 e. The molecule has 0 saturated carbocycles. The molecule has 0 spiro atoms. The van der Waals surface area contributed by atoms with Crippen molar-refractivity contribution in [3.63, 3.8) is 0 Å². The van der Waals surface area contributed by atoms with Crippen LogP contribution in [0.1, 0.15) is 37.0 Å². The van der Waals surface area contributed by atoms with Gasteiger partial charge in [0.05, 0.1) is 5.56 Å². The molecule has 2 atom stereocenters. The Kier molecular flexibility index (Phi) is 4.10. The highest BCUT2D eigenvalue weighted by Crippen LogP contribution is 2.18. The third-order valence-electron chi connectivity index (χ3n) is 4.27. The lowest BCUT2D eigenvalue weighted by Gasteiger charge is -2.36.